The van der Waals surface area contributed by atoms with E-state index in [2.05, 4.69) is 19.8 Å². The van der Waals surface area contributed by atoms with Crippen LogP contribution in [0.1, 0.15) is 12.1 Å². The summed E-state index contributed by atoms with van der Waals surface area (Å²) in [7, 11) is 1.37. The maximum atomic E-state index is 11.0. The van der Waals surface area contributed by atoms with Crippen molar-refractivity contribution in [2.24, 2.45) is 0 Å². The molecule has 0 atom stereocenters. The molecule has 0 saturated heterocycles. The normalized spacial score (nSPS) is 10.2. The molecule has 0 aliphatic carbocycles. The number of rotatable bonds is 4. The Kier molecular flexibility index (Phi) is 4.12. The Hall–Kier alpha value is -2.37. The summed E-state index contributed by atoms with van der Waals surface area (Å²) in [6.07, 6.45) is 5.50. The highest BCUT2D eigenvalue weighted by molar-refractivity contribution is 5.68. The van der Waals surface area contributed by atoms with Crippen molar-refractivity contribution in [3.05, 3.63) is 36.4 Å². The van der Waals surface area contributed by atoms with E-state index >= 15 is 0 Å². The Morgan fingerprint density at radius 3 is 2.89 bits per heavy atom. The second-order valence-corrected chi connectivity index (χ2v) is 4.03. The third-order valence-corrected chi connectivity index (χ3v) is 2.60. The number of hydrogen-bond acceptors (Lipinski definition) is 5. The van der Waals surface area contributed by atoms with E-state index in [9.17, 15) is 4.79 Å². The lowest BCUT2D eigenvalue weighted by atomic mass is 10.3. The molecular weight excluding hydrogens is 244 g/mol. The first-order valence-electron chi connectivity index (χ1n) is 5.91. The maximum absolute atomic E-state index is 11.0. The highest BCUT2D eigenvalue weighted by Gasteiger charge is 2.09. The summed E-state index contributed by atoms with van der Waals surface area (Å²) in [5.74, 6) is 0.396. The van der Waals surface area contributed by atoms with Gasteiger partial charge in [0.1, 0.15) is 12.6 Å². The van der Waals surface area contributed by atoms with E-state index in [0.717, 1.165) is 11.3 Å². The molecule has 0 fully saturated rings. The minimum atomic E-state index is -0.250. The van der Waals surface area contributed by atoms with Crippen LogP contribution in [0.3, 0.4) is 0 Å². The molecule has 0 aromatic carbocycles. The van der Waals surface area contributed by atoms with Crippen molar-refractivity contribution in [3.63, 3.8) is 0 Å². The van der Waals surface area contributed by atoms with Crippen LogP contribution in [0.2, 0.25) is 0 Å². The maximum Gasteiger partial charge on any atom is 0.312 e. The number of ether oxygens (including phenoxy) is 1. The van der Waals surface area contributed by atoms with Crippen molar-refractivity contribution in [2.75, 3.05) is 7.11 Å². The number of esters is 1. The molecule has 98 valence electrons. The minimum Gasteiger partial charge on any atom is -0.469 e. The van der Waals surface area contributed by atoms with Gasteiger partial charge in [-0.3, -0.25) is 4.79 Å². The van der Waals surface area contributed by atoms with E-state index in [1.165, 1.54) is 7.11 Å². The summed E-state index contributed by atoms with van der Waals surface area (Å²) in [6.45, 7) is 2.40. The van der Waals surface area contributed by atoms with Crippen molar-refractivity contribution in [2.45, 2.75) is 19.9 Å². The van der Waals surface area contributed by atoms with E-state index in [1.54, 1.807) is 23.3 Å². The van der Waals surface area contributed by atoms with Crippen LogP contribution in [-0.2, 0) is 16.1 Å². The summed E-state index contributed by atoms with van der Waals surface area (Å²) in [6, 6.07) is 3.72. The molecule has 2 rings (SSSR count). The molecule has 2 aromatic heterocycles. The third-order valence-electron chi connectivity index (χ3n) is 2.60. The zero-order valence-electron chi connectivity index (χ0n) is 10.9. The van der Waals surface area contributed by atoms with E-state index in [0.29, 0.717) is 18.8 Å². The van der Waals surface area contributed by atoms with Gasteiger partial charge in [0, 0.05) is 23.5 Å². The Labute approximate surface area is 111 Å². The van der Waals surface area contributed by atoms with Gasteiger partial charge in [0.2, 0.25) is 0 Å². The predicted octanol–water partition coefficient (Wildman–Crippen LogP) is 0.698. The largest absolute Gasteiger partial charge is 0.469 e. The van der Waals surface area contributed by atoms with Gasteiger partial charge >= 0.3 is 5.97 Å². The molecule has 2 aromatic rings. The lowest BCUT2D eigenvalue weighted by Crippen LogP contribution is -2.38. The number of carbonyl (C=O) groups is 1. The molecule has 2 heterocycles. The molecule has 6 heteroatoms. The number of carbonyl (C=O) groups excluding carboxylic acids is 1. The van der Waals surface area contributed by atoms with Gasteiger partial charge in [-0.25, -0.2) is 9.97 Å². The first-order chi connectivity index (χ1) is 9.19. The molecule has 0 radical (unpaired) electrons. The molecule has 0 bridgehead atoms. The van der Waals surface area contributed by atoms with Crippen molar-refractivity contribution in [3.8, 4) is 11.4 Å². The van der Waals surface area contributed by atoms with Gasteiger partial charge < -0.3 is 4.74 Å². The van der Waals surface area contributed by atoms with Crippen LogP contribution in [0.4, 0.5) is 0 Å². The summed E-state index contributed by atoms with van der Waals surface area (Å²) in [5, 5.41) is 4.22. The van der Waals surface area contributed by atoms with Crippen LogP contribution in [-0.4, -0.2) is 28.1 Å². The lowest BCUT2D eigenvalue weighted by Gasteiger charge is -1.99. The van der Waals surface area contributed by atoms with Crippen molar-refractivity contribution < 1.29 is 14.2 Å². The Bertz CT molecular complexity index is 569. The smallest absolute Gasteiger partial charge is 0.312 e. The van der Waals surface area contributed by atoms with E-state index in [-0.39, 0.29) is 5.97 Å². The van der Waals surface area contributed by atoms with E-state index in [1.807, 2.05) is 19.1 Å². The number of methoxy groups -OCH3 is 1. The van der Waals surface area contributed by atoms with Crippen LogP contribution in [0.25, 0.3) is 11.4 Å². The summed E-state index contributed by atoms with van der Waals surface area (Å²) in [4.78, 5) is 19.5. The molecule has 0 unspecified atom stereocenters. The predicted molar refractivity (Wildman–Crippen MR) is 66.8 cm³/mol. The van der Waals surface area contributed by atoms with Gasteiger partial charge in [0.05, 0.1) is 7.11 Å². The topological polar surface area (TPSA) is 68.8 Å². The second kappa shape index (κ2) is 5.99. The van der Waals surface area contributed by atoms with Gasteiger partial charge in [0.25, 0.3) is 0 Å². The first-order valence-corrected chi connectivity index (χ1v) is 5.91. The molecule has 0 aliphatic heterocycles. The van der Waals surface area contributed by atoms with Crippen LogP contribution in [0, 0.1) is 6.92 Å². The first kappa shape index (κ1) is 13.1. The zero-order chi connectivity index (χ0) is 13.7. The number of aryl methyl sites for hydroxylation is 2. The van der Waals surface area contributed by atoms with Crippen LogP contribution in [0.15, 0.2) is 30.7 Å². The third kappa shape index (κ3) is 3.54. The second-order valence-electron chi connectivity index (χ2n) is 4.03. The lowest BCUT2D eigenvalue weighted by molar-refractivity contribution is -0.752. The Balaban J connectivity index is 2.08. The molecular formula is C13H15N4O2+. The fraction of sp³-hybridized carbons (Fsp3) is 0.308. The van der Waals surface area contributed by atoms with Crippen molar-refractivity contribution in [1.29, 1.82) is 0 Å². The van der Waals surface area contributed by atoms with Gasteiger partial charge in [-0.2, -0.15) is 0 Å². The number of hydrogen-bond donors (Lipinski definition) is 0. The zero-order valence-corrected chi connectivity index (χ0v) is 10.9. The molecule has 0 N–H and O–H groups in total. The quantitative estimate of drug-likeness (QED) is 0.597. The highest BCUT2D eigenvalue weighted by Crippen LogP contribution is 2.10. The highest BCUT2D eigenvalue weighted by atomic mass is 16.5. The van der Waals surface area contributed by atoms with Gasteiger partial charge in [-0.05, 0) is 18.1 Å². The Morgan fingerprint density at radius 2 is 2.26 bits per heavy atom. The minimum absolute atomic E-state index is 0.250. The molecule has 0 saturated carbocycles. The SMILES string of the molecule is COC(=O)CC[n+]1ccc(-c2nccc(C)n2)cn1. The average Bonchev–Trinajstić information content (AvgIpc) is 2.45. The summed E-state index contributed by atoms with van der Waals surface area (Å²) < 4.78 is 6.25. The fourth-order valence-electron chi connectivity index (χ4n) is 1.54. The van der Waals surface area contributed by atoms with Gasteiger partial charge in [0.15, 0.2) is 18.6 Å². The van der Waals surface area contributed by atoms with Gasteiger partial charge in [-0.15, -0.1) is 0 Å². The molecule has 0 spiro atoms. The standard InChI is InChI=1S/C13H15N4O2/c1-10-3-6-14-13(16-10)11-4-7-17(15-9-11)8-5-12(18)19-2/h3-4,6-7,9H,5,8H2,1-2H3/q+1. The Morgan fingerprint density at radius 1 is 1.42 bits per heavy atom. The van der Waals surface area contributed by atoms with Crippen LogP contribution < -0.4 is 4.68 Å². The fourth-order valence-corrected chi connectivity index (χ4v) is 1.54. The van der Waals surface area contributed by atoms with Gasteiger partial charge in [-0.1, -0.05) is 4.68 Å². The van der Waals surface area contributed by atoms with E-state index < -0.39 is 0 Å². The van der Waals surface area contributed by atoms with E-state index in [4.69, 9.17) is 0 Å². The molecule has 19 heavy (non-hydrogen) atoms. The van der Waals surface area contributed by atoms with Crippen molar-refractivity contribution in [1.82, 2.24) is 15.1 Å². The number of aromatic nitrogens is 4. The number of nitrogens with zero attached hydrogens (tertiary/aromatic N) is 4. The van der Waals surface area contributed by atoms with Crippen molar-refractivity contribution >= 4 is 5.97 Å². The van der Waals surface area contributed by atoms with Crippen LogP contribution in [0.5, 0.6) is 0 Å². The molecule has 6 nitrogen and oxygen atoms in total. The summed E-state index contributed by atoms with van der Waals surface area (Å²) in [5.41, 5.74) is 1.76. The molecule has 0 aliphatic rings. The summed E-state index contributed by atoms with van der Waals surface area (Å²) >= 11 is 0. The van der Waals surface area contributed by atoms with Crippen LogP contribution >= 0.6 is 0 Å². The molecule has 0 amide bonds. The monoisotopic (exact) mass is 259 g/mol. The average molecular weight is 259 g/mol.